The van der Waals surface area contributed by atoms with Crippen molar-refractivity contribution in [3.63, 3.8) is 0 Å². The predicted octanol–water partition coefficient (Wildman–Crippen LogP) is 3.26. The largest absolute Gasteiger partial charge is 0.462 e. The number of benzene rings is 1. The Labute approximate surface area is 131 Å². The van der Waals surface area contributed by atoms with Gasteiger partial charge in [0, 0.05) is 16.7 Å². The highest BCUT2D eigenvalue weighted by Crippen LogP contribution is 2.37. The molecular weight excluding hydrogens is 300 g/mol. The van der Waals surface area contributed by atoms with Gasteiger partial charge in [-0.1, -0.05) is 31.2 Å². The molecule has 22 heavy (non-hydrogen) atoms. The maximum Gasteiger partial charge on any atom is 0.348 e. The van der Waals surface area contributed by atoms with Crippen molar-refractivity contribution in [1.82, 2.24) is 0 Å². The van der Waals surface area contributed by atoms with Crippen molar-refractivity contribution in [1.29, 1.82) is 0 Å². The summed E-state index contributed by atoms with van der Waals surface area (Å²) in [6.45, 7) is 3.85. The smallest absolute Gasteiger partial charge is 0.348 e. The number of thiophene rings is 1. The summed E-state index contributed by atoms with van der Waals surface area (Å²) in [4.78, 5) is 38.2. The summed E-state index contributed by atoms with van der Waals surface area (Å²) < 4.78 is 5.04. The topological polar surface area (TPSA) is 60.4 Å². The Bertz CT molecular complexity index is 801. The summed E-state index contributed by atoms with van der Waals surface area (Å²) in [5.41, 5.74) is 1.80. The summed E-state index contributed by atoms with van der Waals surface area (Å²) >= 11 is 1.07. The van der Waals surface area contributed by atoms with Crippen LogP contribution in [0.25, 0.3) is 0 Å². The first-order valence-electron chi connectivity index (χ1n) is 7.11. The van der Waals surface area contributed by atoms with Crippen molar-refractivity contribution in [3.8, 4) is 0 Å². The van der Waals surface area contributed by atoms with Crippen LogP contribution in [0.4, 0.5) is 0 Å². The normalized spacial score (nSPS) is 12.8. The Hall–Kier alpha value is -2.27. The van der Waals surface area contributed by atoms with E-state index in [1.165, 1.54) is 0 Å². The molecule has 0 atom stereocenters. The van der Waals surface area contributed by atoms with Crippen molar-refractivity contribution in [3.05, 3.63) is 56.3 Å². The van der Waals surface area contributed by atoms with E-state index in [1.807, 2.05) is 6.92 Å². The standard InChI is InChI=1S/C17H14O4S/c1-3-9-12-13(18)10-7-5-6-8-11(10)14(19)16(12)22-15(9)17(20)21-4-2/h5-8H,3-4H2,1-2H3. The third-order valence-electron chi connectivity index (χ3n) is 3.67. The third kappa shape index (κ3) is 2.01. The van der Waals surface area contributed by atoms with Crippen molar-refractivity contribution < 1.29 is 19.1 Å². The summed E-state index contributed by atoms with van der Waals surface area (Å²) in [6, 6.07) is 6.77. The quantitative estimate of drug-likeness (QED) is 0.696. The summed E-state index contributed by atoms with van der Waals surface area (Å²) in [5, 5.41) is 0. The number of hydrogen-bond acceptors (Lipinski definition) is 5. The SMILES string of the molecule is CCOC(=O)c1sc2c(c1CC)C(=O)c1ccccc1C2=O. The van der Waals surface area contributed by atoms with E-state index in [9.17, 15) is 14.4 Å². The van der Waals surface area contributed by atoms with Gasteiger partial charge in [0.1, 0.15) is 4.88 Å². The lowest BCUT2D eigenvalue weighted by molar-refractivity contribution is 0.0531. The lowest BCUT2D eigenvalue weighted by atomic mass is 9.86. The Morgan fingerprint density at radius 2 is 1.73 bits per heavy atom. The van der Waals surface area contributed by atoms with Gasteiger partial charge in [-0.3, -0.25) is 9.59 Å². The Morgan fingerprint density at radius 1 is 1.09 bits per heavy atom. The van der Waals surface area contributed by atoms with Gasteiger partial charge in [0.05, 0.1) is 11.5 Å². The summed E-state index contributed by atoms with van der Waals surface area (Å²) in [5.74, 6) is -0.849. The molecule has 0 saturated heterocycles. The molecule has 1 heterocycles. The fourth-order valence-corrected chi connectivity index (χ4v) is 3.94. The van der Waals surface area contributed by atoms with E-state index >= 15 is 0 Å². The van der Waals surface area contributed by atoms with Gasteiger partial charge in [-0.15, -0.1) is 11.3 Å². The number of ether oxygens (including phenoxy) is 1. The molecular formula is C17H14O4S. The second kappa shape index (κ2) is 5.50. The molecule has 1 aliphatic carbocycles. The zero-order chi connectivity index (χ0) is 15.9. The van der Waals surface area contributed by atoms with Gasteiger partial charge >= 0.3 is 5.97 Å². The first kappa shape index (κ1) is 14.7. The molecule has 0 N–H and O–H groups in total. The Kier molecular flexibility index (Phi) is 3.66. The van der Waals surface area contributed by atoms with Crippen molar-refractivity contribution >= 4 is 28.9 Å². The maximum absolute atomic E-state index is 12.7. The van der Waals surface area contributed by atoms with Gasteiger partial charge in [0.25, 0.3) is 0 Å². The van der Waals surface area contributed by atoms with Crippen molar-refractivity contribution in [2.75, 3.05) is 6.61 Å². The minimum atomic E-state index is -0.469. The number of rotatable bonds is 3. The van der Waals surface area contributed by atoms with Crippen molar-refractivity contribution in [2.45, 2.75) is 20.3 Å². The van der Waals surface area contributed by atoms with E-state index < -0.39 is 5.97 Å². The number of hydrogen-bond donors (Lipinski definition) is 0. The molecule has 1 aliphatic rings. The third-order valence-corrected chi connectivity index (χ3v) is 4.88. The Morgan fingerprint density at radius 3 is 2.32 bits per heavy atom. The molecule has 1 aromatic heterocycles. The highest BCUT2D eigenvalue weighted by atomic mass is 32.1. The molecule has 4 nitrogen and oxygen atoms in total. The van der Waals surface area contributed by atoms with Gasteiger partial charge in [-0.2, -0.15) is 0 Å². The molecule has 0 unspecified atom stereocenters. The molecule has 1 aromatic carbocycles. The van der Waals surface area contributed by atoms with Gasteiger partial charge in [-0.25, -0.2) is 4.79 Å². The van der Waals surface area contributed by atoms with Crippen LogP contribution < -0.4 is 0 Å². The molecule has 2 aromatic rings. The number of esters is 1. The highest BCUT2D eigenvalue weighted by Gasteiger charge is 2.36. The van der Waals surface area contributed by atoms with Gasteiger partial charge in [-0.05, 0) is 18.9 Å². The molecule has 0 aliphatic heterocycles. The van der Waals surface area contributed by atoms with Crippen LogP contribution in [0.1, 0.15) is 60.2 Å². The molecule has 3 rings (SSSR count). The van der Waals surface area contributed by atoms with E-state index in [1.54, 1.807) is 31.2 Å². The number of carbonyl (C=O) groups excluding carboxylic acids is 3. The van der Waals surface area contributed by atoms with Crippen LogP contribution in [-0.2, 0) is 11.2 Å². The molecule has 0 spiro atoms. The van der Waals surface area contributed by atoms with Gasteiger partial charge < -0.3 is 4.74 Å². The number of ketones is 2. The predicted molar refractivity (Wildman–Crippen MR) is 83.0 cm³/mol. The average molecular weight is 314 g/mol. The minimum Gasteiger partial charge on any atom is -0.462 e. The number of carbonyl (C=O) groups is 3. The van der Waals surface area contributed by atoms with Crippen LogP contribution >= 0.6 is 11.3 Å². The van der Waals surface area contributed by atoms with Crippen LogP contribution in [0.15, 0.2) is 24.3 Å². The molecule has 0 radical (unpaired) electrons. The van der Waals surface area contributed by atoms with Crippen LogP contribution in [-0.4, -0.2) is 24.1 Å². The molecule has 0 saturated carbocycles. The van der Waals surface area contributed by atoms with Gasteiger partial charge in [0.2, 0.25) is 5.78 Å². The average Bonchev–Trinajstić information content (AvgIpc) is 2.93. The fraction of sp³-hybridized carbons (Fsp3) is 0.235. The summed E-state index contributed by atoms with van der Waals surface area (Å²) in [7, 11) is 0. The first-order valence-corrected chi connectivity index (χ1v) is 7.93. The lowest BCUT2D eigenvalue weighted by Gasteiger charge is -2.14. The van der Waals surface area contributed by atoms with Gasteiger partial charge in [0.15, 0.2) is 5.78 Å². The first-order chi connectivity index (χ1) is 10.6. The van der Waals surface area contributed by atoms with E-state index in [2.05, 4.69) is 0 Å². The van der Waals surface area contributed by atoms with E-state index in [0.29, 0.717) is 38.4 Å². The Balaban J connectivity index is 2.23. The monoisotopic (exact) mass is 314 g/mol. The molecule has 0 bridgehead atoms. The molecule has 0 amide bonds. The van der Waals surface area contributed by atoms with Crippen LogP contribution in [0.5, 0.6) is 0 Å². The maximum atomic E-state index is 12.7. The molecule has 112 valence electrons. The summed E-state index contributed by atoms with van der Waals surface area (Å²) in [6.07, 6.45) is 0.501. The molecule has 5 heteroatoms. The van der Waals surface area contributed by atoms with Crippen molar-refractivity contribution in [2.24, 2.45) is 0 Å². The van der Waals surface area contributed by atoms with E-state index in [-0.39, 0.29) is 18.2 Å². The minimum absolute atomic E-state index is 0.186. The molecule has 0 fully saturated rings. The van der Waals surface area contributed by atoms with Crippen LogP contribution in [0, 0.1) is 0 Å². The lowest BCUT2D eigenvalue weighted by Crippen LogP contribution is -2.19. The fourth-order valence-electron chi connectivity index (χ4n) is 2.70. The highest BCUT2D eigenvalue weighted by molar-refractivity contribution is 7.16. The zero-order valence-corrected chi connectivity index (χ0v) is 13.1. The second-order valence-electron chi connectivity index (χ2n) is 4.89. The zero-order valence-electron chi connectivity index (χ0n) is 12.3. The number of fused-ring (bicyclic) bond motifs is 2. The van der Waals surface area contributed by atoms with Crippen LogP contribution in [0.2, 0.25) is 0 Å². The van der Waals surface area contributed by atoms with Crippen LogP contribution in [0.3, 0.4) is 0 Å². The van der Waals surface area contributed by atoms with E-state index in [4.69, 9.17) is 4.74 Å². The van der Waals surface area contributed by atoms with E-state index in [0.717, 1.165) is 11.3 Å². The second-order valence-corrected chi connectivity index (χ2v) is 5.91.